The fraction of sp³-hybridized carbons (Fsp3) is 0.0465. The smallest absolute Gasteiger partial charge is 0.0746 e. The molecule has 6 aromatic rings. The third-order valence-electron chi connectivity index (χ3n) is 8.18. The molecule has 0 aromatic heterocycles. The van der Waals surface area contributed by atoms with Gasteiger partial charge in [-0.15, -0.1) is 0 Å². The number of allylic oxidation sites excluding steroid dienone is 2. The van der Waals surface area contributed by atoms with Crippen molar-refractivity contribution in [3.63, 3.8) is 0 Å². The topological polar surface area (TPSA) is 12.4 Å². The van der Waals surface area contributed by atoms with Crippen molar-refractivity contribution in [2.24, 2.45) is 4.99 Å². The van der Waals surface area contributed by atoms with Gasteiger partial charge < -0.3 is 0 Å². The molecule has 0 amide bonds. The van der Waals surface area contributed by atoms with E-state index >= 15 is 0 Å². The Bertz CT molecular complexity index is 2020. The molecule has 0 aliphatic heterocycles. The van der Waals surface area contributed by atoms with Crippen LogP contribution in [0.2, 0.25) is 0 Å². The molecular weight excluding hydrogens is 530 g/mol. The molecule has 1 nitrogen and oxygen atoms in total. The molecule has 0 saturated carbocycles. The summed E-state index contributed by atoms with van der Waals surface area (Å²) in [5, 5.41) is 2.37. The van der Waals surface area contributed by atoms with Gasteiger partial charge in [0.15, 0.2) is 0 Å². The molecule has 6 aromatic carbocycles. The van der Waals surface area contributed by atoms with Gasteiger partial charge in [0, 0.05) is 11.3 Å². The number of benzene rings is 6. The SMILES string of the molecule is C=C(/C=C(/c1ccccc1)c1ccc(C(=C)c2cccc3ccccc23)c(/N=C(\C)c2ccccc2)c1C)c1ccccc1. The number of nitrogens with zero attached hydrogens (tertiary/aromatic N) is 1. The van der Waals surface area contributed by atoms with Crippen molar-refractivity contribution in [2.45, 2.75) is 13.8 Å². The second-order valence-corrected chi connectivity index (χ2v) is 11.0. The summed E-state index contributed by atoms with van der Waals surface area (Å²) in [6, 6.07) is 50.5. The second-order valence-electron chi connectivity index (χ2n) is 11.0. The van der Waals surface area contributed by atoms with Crippen LogP contribution in [-0.2, 0) is 0 Å². The van der Waals surface area contributed by atoms with Crippen molar-refractivity contribution in [3.8, 4) is 0 Å². The fourth-order valence-corrected chi connectivity index (χ4v) is 5.77. The zero-order valence-electron chi connectivity index (χ0n) is 25.3. The molecule has 0 bridgehead atoms. The highest BCUT2D eigenvalue weighted by Gasteiger charge is 2.18. The second kappa shape index (κ2) is 12.8. The predicted molar refractivity (Wildman–Crippen MR) is 191 cm³/mol. The maximum atomic E-state index is 5.34. The quantitative estimate of drug-likeness (QED) is 0.129. The molecule has 0 fully saturated rings. The molecule has 0 N–H and O–H groups in total. The van der Waals surface area contributed by atoms with E-state index in [-0.39, 0.29) is 0 Å². The van der Waals surface area contributed by atoms with E-state index in [1.165, 1.54) is 10.8 Å². The molecule has 0 aliphatic rings. The summed E-state index contributed by atoms with van der Waals surface area (Å²) in [6.07, 6.45) is 2.20. The molecule has 212 valence electrons. The van der Waals surface area contributed by atoms with E-state index in [1.54, 1.807) is 0 Å². The molecule has 44 heavy (non-hydrogen) atoms. The van der Waals surface area contributed by atoms with Crippen LogP contribution in [0, 0.1) is 6.92 Å². The fourth-order valence-electron chi connectivity index (χ4n) is 5.77. The van der Waals surface area contributed by atoms with Crippen LogP contribution in [0.25, 0.3) is 27.5 Å². The van der Waals surface area contributed by atoms with Crippen LogP contribution in [-0.4, -0.2) is 5.71 Å². The predicted octanol–water partition coefficient (Wildman–Crippen LogP) is 11.5. The molecule has 0 spiro atoms. The number of fused-ring (bicyclic) bond motifs is 1. The largest absolute Gasteiger partial charge is 0.252 e. The third-order valence-corrected chi connectivity index (χ3v) is 8.18. The standard InChI is InChI=1S/C43H35N/c1-30(34-17-8-5-9-18-34)29-42(37-21-12-7-13-22-37)39-27-28-40(31(2)38-26-16-24-36-23-14-15-25-41(36)38)43(32(39)3)44-33(4)35-19-10-6-11-20-35/h5-29H,1-2H2,3-4H3/b42-29-,44-33+. The Morgan fingerprint density at radius 2 is 1.09 bits per heavy atom. The van der Waals surface area contributed by atoms with E-state index < -0.39 is 0 Å². The van der Waals surface area contributed by atoms with Crippen molar-refractivity contribution in [2.75, 3.05) is 0 Å². The van der Waals surface area contributed by atoms with Gasteiger partial charge in [0.1, 0.15) is 0 Å². The van der Waals surface area contributed by atoms with Gasteiger partial charge in [-0.05, 0) is 80.8 Å². The Morgan fingerprint density at radius 1 is 0.545 bits per heavy atom. The summed E-state index contributed by atoms with van der Waals surface area (Å²) < 4.78 is 0. The van der Waals surface area contributed by atoms with Crippen molar-refractivity contribution in [1.29, 1.82) is 0 Å². The van der Waals surface area contributed by atoms with Crippen LogP contribution in [0.5, 0.6) is 0 Å². The minimum Gasteiger partial charge on any atom is -0.252 e. The third kappa shape index (κ3) is 5.86. The highest BCUT2D eigenvalue weighted by atomic mass is 14.8. The van der Waals surface area contributed by atoms with Gasteiger partial charge in [0.2, 0.25) is 0 Å². The van der Waals surface area contributed by atoms with E-state index in [0.717, 1.165) is 67.1 Å². The summed E-state index contributed by atoms with van der Waals surface area (Å²) >= 11 is 0. The Balaban J connectivity index is 1.57. The lowest BCUT2D eigenvalue weighted by molar-refractivity contribution is 1.33. The lowest BCUT2D eigenvalue weighted by Gasteiger charge is -2.19. The highest BCUT2D eigenvalue weighted by molar-refractivity contribution is 6.04. The van der Waals surface area contributed by atoms with Gasteiger partial charge in [-0.1, -0.05) is 159 Å². The summed E-state index contributed by atoms with van der Waals surface area (Å²) in [4.78, 5) is 5.34. The zero-order valence-corrected chi connectivity index (χ0v) is 25.3. The minimum absolute atomic E-state index is 0.925. The first-order valence-corrected chi connectivity index (χ1v) is 14.9. The van der Waals surface area contributed by atoms with Crippen LogP contribution in [0.1, 0.15) is 45.9 Å². The minimum atomic E-state index is 0.925. The normalized spacial score (nSPS) is 11.9. The van der Waals surface area contributed by atoms with E-state index in [9.17, 15) is 0 Å². The maximum Gasteiger partial charge on any atom is 0.0746 e. The Kier molecular flexibility index (Phi) is 8.30. The van der Waals surface area contributed by atoms with Gasteiger partial charge in [-0.3, -0.25) is 4.99 Å². The van der Waals surface area contributed by atoms with Crippen LogP contribution < -0.4 is 0 Å². The maximum absolute atomic E-state index is 5.34. The van der Waals surface area contributed by atoms with Gasteiger partial charge in [-0.2, -0.15) is 0 Å². The monoisotopic (exact) mass is 565 g/mol. The Labute approximate surface area is 260 Å². The lowest BCUT2D eigenvalue weighted by Crippen LogP contribution is -2.00. The van der Waals surface area contributed by atoms with Crippen molar-refractivity contribution >= 4 is 38.9 Å². The number of hydrogen-bond donors (Lipinski definition) is 0. The molecule has 0 atom stereocenters. The van der Waals surface area contributed by atoms with Crippen LogP contribution in [0.15, 0.2) is 170 Å². The average Bonchev–Trinajstić information content (AvgIpc) is 3.08. The summed E-state index contributed by atoms with van der Waals surface area (Å²) in [5.74, 6) is 0. The number of hydrogen-bond acceptors (Lipinski definition) is 1. The van der Waals surface area contributed by atoms with Crippen LogP contribution in [0.3, 0.4) is 0 Å². The molecule has 6 rings (SSSR count). The van der Waals surface area contributed by atoms with E-state index in [1.807, 2.05) is 12.1 Å². The number of rotatable bonds is 8. The summed E-state index contributed by atoms with van der Waals surface area (Å²) in [6.45, 7) is 13.4. The van der Waals surface area contributed by atoms with E-state index in [2.05, 4.69) is 167 Å². The van der Waals surface area contributed by atoms with Gasteiger partial charge >= 0.3 is 0 Å². The summed E-state index contributed by atoms with van der Waals surface area (Å²) in [5.41, 5.74) is 12.5. The molecule has 1 heteroatoms. The molecule has 0 unspecified atom stereocenters. The van der Waals surface area contributed by atoms with Crippen LogP contribution in [0.4, 0.5) is 5.69 Å². The first kappa shape index (κ1) is 28.6. The van der Waals surface area contributed by atoms with E-state index in [0.29, 0.717) is 0 Å². The van der Waals surface area contributed by atoms with Crippen molar-refractivity contribution in [1.82, 2.24) is 0 Å². The Hall–Kier alpha value is -5.53. The first-order chi connectivity index (χ1) is 21.5. The van der Waals surface area contributed by atoms with E-state index in [4.69, 9.17) is 4.99 Å². The van der Waals surface area contributed by atoms with Gasteiger partial charge in [0.25, 0.3) is 0 Å². The molecule has 0 saturated heterocycles. The molecule has 0 aliphatic carbocycles. The first-order valence-electron chi connectivity index (χ1n) is 14.9. The van der Waals surface area contributed by atoms with Gasteiger partial charge in [0.05, 0.1) is 5.69 Å². The summed E-state index contributed by atoms with van der Waals surface area (Å²) in [7, 11) is 0. The molecule has 0 radical (unpaired) electrons. The Morgan fingerprint density at radius 3 is 1.77 bits per heavy atom. The highest BCUT2D eigenvalue weighted by Crippen LogP contribution is 2.40. The average molecular weight is 566 g/mol. The van der Waals surface area contributed by atoms with Crippen LogP contribution >= 0.6 is 0 Å². The van der Waals surface area contributed by atoms with Crippen molar-refractivity contribution < 1.29 is 0 Å². The molecular formula is C43H35N. The van der Waals surface area contributed by atoms with Crippen molar-refractivity contribution in [3.05, 3.63) is 204 Å². The van der Waals surface area contributed by atoms with Gasteiger partial charge in [-0.25, -0.2) is 0 Å². The zero-order chi connectivity index (χ0) is 30.5. The molecule has 0 heterocycles. The lowest BCUT2D eigenvalue weighted by atomic mass is 9.86. The number of aliphatic imine (C=N–C) groups is 1.